The maximum atomic E-state index is 10.7. The van der Waals surface area contributed by atoms with E-state index in [2.05, 4.69) is 0 Å². The van der Waals surface area contributed by atoms with Crippen LogP contribution in [0.3, 0.4) is 0 Å². The lowest BCUT2D eigenvalue weighted by Gasteiger charge is -2.41. The Morgan fingerprint density at radius 2 is 2.28 bits per heavy atom. The number of hydrogen-bond acceptors (Lipinski definition) is 4. The first-order chi connectivity index (χ1) is 8.68. The van der Waals surface area contributed by atoms with E-state index < -0.39 is 16.6 Å². The Labute approximate surface area is 116 Å². The second-order valence-corrected chi connectivity index (χ2v) is 5.64. The third-order valence-electron chi connectivity index (χ3n) is 2.80. The number of halogens is 1. The van der Waals surface area contributed by atoms with Crippen LogP contribution in [0.4, 0.5) is 0 Å². The van der Waals surface area contributed by atoms with Crippen molar-refractivity contribution in [2.75, 3.05) is 19.0 Å². The second-order valence-electron chi connectivity index (χ2n) is 4.03. The van der Waals surface area contributed by atoms with Crippen LogP contribution in [0.1, 0.15) is 17.9 Å². The smallest absolute Gasteiger partial charge is 0.223 e. The van der Waals surface area contributed by atoms with Gasteiger partial charge in [-0.25, -0.2) is 0 Å². The van der Waals surface area contributed by atoms with Crippen LogP contribution in [-0.4, -0.2) is 35.3 Å². The SMILES string of the molecule is CCOC1SCCOC1(O)C(Cl)c1ccccc1. The molecule has 1 heterocycles. The zero-order valence-corrected chi connectivity index (χ0v) is 11.8. The highest BCUT2D eigenvalue weighted by Crippen LogP contribution is 2.43. The van der Waals surface area contributed by atoms with Crippen LogP contribution >= 0.6 is 23.4 Å². The van der Waals surface area contributed by atoms with Crippen molar-refractivity contribution in [1.29, 1.82) is 0 Å². The molecule has 0 aromatic heterocycles. The molecule has 1 aliphatic rings. The van der Waals surface area contributed by atoms with Crippen LogP contribution in [-0.2, 0) is 9.47 Å². The first kappa shape index (κ1) is 14.2. The van der Waals surface area contributed by atoms with Crippen LogP contribution in [0, 0.1) is 0 Å². The van der Waals surface area contributed by atoms with Crippen LogP contribution in [0.5, 0.6) is 0 Å². The molecule has 0 amide bonds. The summed E-state index contributed by atoms with van der Waals surface area (Å²) >= 11 is 7.92. The highest BCUT2D eigenvalue weighted by atomic mass is 35.5. The van der Waals surface area contributed by atoms with Gasteiger partial charge in [0.2, 0.25) is 5.79 Å². The van der Waals surface area contributed by atoms with Crippen molar-refractivity contribution in [1.82, 2.24) is 0 Å². The summed E-state index contributed by atoms with van der Waals surface area (Å²) in [6, 6.07) is 9.44. The lowest BCUT2D eigenvalue weighted by atomic mass is 10.0. The van der Waals surface area contributed by atoms with Gasteiger partial charge in [-0.3, -0.25) is 0 Å². The van der Waals surface area contributed by atoms with Gasteiger partial charge in [0.05, 0.1) is 6.61 Å². The van der Waals surface area contributed by atoms with E-state index in [9.17, 15) is 5.11 Å². The molecule has 1 saturated heterocycles. The van der Waals surface area contributed by atoms with E-state index in [1.54, 1.807) is 0 Å². The Balaban J connectivity index is 2.21. The first-order valence-electron chi connectivity index (χ1n) is 5.97. The molecule has 2 rings (SSSR count). The van der Waals surface area contributed by atoms with Crippen molar-refractivity contribution in [2.24, 2.45) is 0 Å². The minimum atomic E-state index is -1.48. The van der Waals surface area contributed by atoms with Crippen LogP contribution in [0.15, 0.2) is 30.3 Å². The van der Waals surface area contributed by atoms with Gasteiger partial charge >= 0.3 is 0 Å². The van der Waals surface area contributed by atoms with E-state index in [4.69, 9.17) is 21.1 Å². The van der Waals surface area contributed by atoms with Crippen molar-refractivity contribution < 1.29 is 14.6 Å². The summed E-state index contributed by atoms with van der Waals surface area (Å²) in [6.07, 6.45) is 0. The summed E-state index contributed by atoms with van der Waals surface area (Å²) in [5, 5.41) is 10.0. The summed E-state index contributed by atoms with van der Waals surface area (Å²) in [5.41, 5.74) is 0.368. The van der Waals surface area contributed by atoms with E-state index in [1.165, 1.54) is 11.8 Å². The van der Waals surface area contributed by atoms with Crippen molar-refractivity contribution in [2.45, 2.75) is 23.5 Å². The predicted octanol–water partition coefficient (Wildman–Crippen LogP) is 2.78. The molecule has 3 nitrogen and oxygen atoms in total. The molecular weight excluding hydrogens is 272 g/mol. The molecule has 3 atom stereocenters. The molecule has 1 fully saturated rings. The van der Waals surface area contributed by atoms with Gasteiger partial charge in [0.15, 0.2) is 5.44 Å². The maximum Gasteiger partial charge on any atom is 0.223 e. The van der Waals surface area contributed by atoms with Gasteiger partial charge in [-0.15, -0.1) is 23.4 Å². The van der Waals surface area contributed by atoms with Gasteiger partial charge in [0.1, 0.15) is 5.38 Å². The van der Waals surface area contributed by atoms with Gasteiger partial charge in [-0.2, -0.15) is 0 Å². The molecule has 1 aliphatic heterocycles. The fourth-order valence-electron chi connectivity index (χ4n) is 1.92. The molecule has 1 aromatic rings. The summed E-state index contributed by atoms with van der Waals surface area (Å²) in [4.78, 5) is 0. The van der Waals surface area contributed by atoms with Gasteiger partial charge in [-0.05, 0) is 12.5 Å². The lowest BCUT2D eigenvalue weighted by Crippen LogP contribution is -2.51. The molecule has 1 N–H and O–H groups in total. The van der Waals surface area contributed by atoms with Gasteiger partial charge < -0.3 is 14.6 Å². The standard InChI is InChI=1S/C13H17ClO3S/c1-2-16-12-13(15,17-8-9-18-12)11(14)10-6-4-3-5-7-10/h3-7,11-12,15H,2,8-9H2,1H3. The number of thioether (sulfide) groups is 1. The van der Waals surface area contributed by atoms with Crippen LogP contribution < -0.4 is 0 Å². The largest absolute Gasteiger partial charge is 0.362 e. The summed E-state index contributed by atoms with van der Waals surface area (Å²) in [7, 11) is 0. The second kappa shape index (κ2) is 6.26. The Morgan fingerprint density at radius 1 is 1.56 bits per heavy atom. The number of rotatable bonds is 4. The monoisotopic (exact) mass is 288 g/mol. The van der Waals surface area contributed by atoms with Crippen molar-refractivity contribution in [3.8, 4) is 0 Å². The Hall–Kier alpha value is -0.260. The molecule has 0 spiro atoms. The highest BCUT2D eigenvalue weighted by molar-refractivity contribution is 7.99. The number of benzene rings is 1. The number of alkyl halides is 1. The molecular formula is C13H17ClO3S. The Bertz CT molecular complexity index is 374. The third-order valence-corrected chi connectivity index (χ3v) is 4.54. The molecule has 18 heavy (non-hydrogen) atoms. The maximum absolute atomic E-state index is 10.7. The van der Waals surface area contributed by atoms with E-state index in [-0.39, 0.29) is 0 Å². The van der Waals surface area contributed by atoms with E-state index >= 15 is 0 Å². The molecule has 0 aliphatic carbocycles. The lowest BCUT2D eigenvalue weighted by molar-refractivity contribution is -0.246. The number of hydrogen-bond donors (Lipinski definition) is 1. The first-order valence-corrected chi connectivity index (χ1v) is 7.45. The number of aliphatic hydroxyl groups is 1. The van der Waals surface area contributed by atoms with Crippen LogP contribution in [0.25, 0.3) is 0 Å². The zero-order chi connectivity index (χ0) is 13.0. The van der Waals surface area contributed by atoms with E-state index in [0.29, 0.717) is 13.2 Å². The van der Waals surface area contributed by atoms with E-state index in [1.807, 2.05) is 37.3 Å². The van der Waals surface area contributed by atoms with Crippen molar-refractivity contribution >= 4 is 23.4 Å². The molecule has 100 valence electrons. The normalized spacial score (nSPS) is 30.1. The molecule has 1 aromatic carbocycles. The Morgan fingerprint density at radius 3 is 2.94 bits per heavy atom. The van der Waals surface area contributed by atoms with Crippen molar-refractivity contribution in [3.63, 3.8) is 0 Å². The minimum absolute atomic E-state index is 0.459. The zero-order valence-electron chi connectivity index (χ0n) is 10.2. The average molecular weight is 289 g/mol. The Kier molecular flexibility index (Phi) is 4.92. The summed E-state index contributed by atoms with van der Waals surface area (Å²) in [5.74, 6) is -0.687. The fourth-order valence-corrected chi connectivity index (χ4v) is 3.39. The number of ether oxygens (including phenoxy) is 2. The summed E-state index contributed by atoms with van der Waals surface area (Å²) < 4.78 is 11.1. The van der Waals surface area contributed by atoms with Crippen molar-refractivity contribution in [3.05, 3.63) is 35.9 Å². The molecule has 0 radical (unpaired) electrons. The van der Waals surface area contributed by atoms with Gasteiger partial charge in [0, 0.05) is 12.4 Å². The molecule has 5 heteroatoms. The minimum Gasteiger partial charge on any atom is -0.362 e. The molecule has 0 saturated carbocycles. The molecule has 0 bridgehead atoms. The topological polar surface area (TPSA) is 38.7 Å². The third kappa shape index (κ3) is 2.83. The quantitative estimate of drug-likeness (QED) is 0.865. The van der Waals surface area contributed by atoms with Crippen LogP contribution in [0.2, 0.25) is 0 Å². The highest BCUT2D eigenvalue weighted by Gasteiger charge is 2.48. The fraction of sp³-hybridized carbons (Fsp3) is 0.538. The van der Waals surface area contributed by atoms with E-state index in [0.717, 1.165) is 11.3 Å². The predicted molar refractivity (Wildman–Crippen MR) is 73.8 cm³/mol. The summed E-state index contributed by atoms with van der Waals surface area (Å²) in [6.45, 7) is 2.88. The van der Waals surface area contributed by atoms with Gasteiger partial charge in [0.25, 0.3) is 0 Å². The molecule has 3 unspecified atom stereocenters. The van der Waals surface area contributed by atoms with Gasteiger partial charge in [-0.1, -0.05) is 30.3 Å². The average Bonchev–Trinajstić information content (AvgIpc) is 2.42.